The van der Waals surface area contributed by atoms with Gasteiger partial charge in [0, 0.05) is 25.6 Å². The van der Waals surface area contributed by atoms with E-state index < -0.39 is 0 Å². The van der Waals surface area contributed by atoms with Crippen molar-refractivity contribution in [3.8, 4) is 5.69 Å². The molecular weight excluding hydrogens is 316 g/mol. The highest BCUT2D eigenvalue weighted by molar-refractivity contribution is 5.92. The Morgan fingerprint density at radius 3 is 2.64 bits per heavy atom. The van der Waals surface area contributed by atoms with Crippen molar-refractivity contribution in [3.63, 3.8) is 0 Å². The van der Waals surface area contributed by atoms with Gasteiger partial charge in [-0.2, -0.15) is 4.68 Å². The van der Waals surface area contributed by atoms with E-state index in [1.54, 1.807) is 15.8 Å². The lowest BCUT2D eigenvalue weighted by atomic mass is 10.2. The molecule has 3 aromatic rings. The summed E-state index contributed by atoms with van der Waals surface area (Å²) in [5, 5.41) is 11.9. The van der Waals surface area contributed by atoms with Crippen molar-refractivity contribution in [2.24, 2.45) is 0 Å². The summed E-state index contributed by atoms with van der Waals surface area (Å²) in [5.74, 6) is 1.49. The molecule has 0 saturated carbocycles. The van der Waals surface area contributed by atoms with Crippen LogP contribution in [-0.2, 0) is 11.2 Å². The zero-order chi connectivity index (χ0) is 17.5. The van der Waals surface area contributed by atoms with Gasteiger partial charge in [0.25, 0.3) is 0 Å². The van der Waals surface area contributed by atoms with Crippen LogP contribution in [0.25, 0.3) is 5.69 Å². The summed E-state index contributed by atoms with van der Waals surface area (Å²) in [7, 11) is 0. The van der Waals surface area contributed by atoms with Gasteiger partial charge in [-0.25, -0.2) is 4.98 Å². The van der Waals surface area contributed by atoms with E-state index in [1.807, 2.05) is 55.5 Å². The van der Waals surface area contributed by atoms with Crippen LogP contribution in [0.1, 0.15) is 25.6 Å². The van der Waals surface area contributed by atoms with E-state index in [4.69, 9.17) is 0 Å². The molecule has 25 heavy (non-hydrogen) atoms. The molecule has 0 N–H and O–H groups in total. The van der Waals surface area contributed by atoms with E-state index in [9.17, 15) is 4.79 Å². The number of para-hydroxylation sites is 1. The highest BCUT2D eigenvalue weighted by atomic mass is 16.2. The van der Waals surface area contributed by atoms with Crippen molar-refractivity contribution < 1.29 is 4.79 Å². The number of benzene rings is 1. The number of aromatic nitrogens is 5. The van der Waals surface area contributed by atoms with E-state index >= 15 is 0 Å². The van der Waals surface area contributed by atoms with Gasteiger partial charge in [0.05, 0.1) is 5.69 Å². The summed E-state index contributed by atoms with van der Waals surface area (Å²) in [6.45, 7) is 2.54. The lowest BCUT2D eigenvalue weighted by Gasteiger charge is -2.19. The van der Waals surface area contributed by atoms with Crippen LogP contribution in [-0.4, -0.2) is 37.6 Å². The molecule has 7 nitrogen and oxygen atoms in total. The quantitative estimate of drug-likeness (QED) is 0.662. The van der Waals surface area contributed by atoms with Crippen LogP contribution < -0.4 is 4.90 Å². The normalized spacial score (nSPS) is 10.6. The number of rotatable bonds is 7. The van der Waals surface area contributed by atoms with Crippen molar-refractivity contribution in [2.45, 2.75) is 26.2 Å². The van der Waals surface area contributed by atoms with Gasteiger partial charge in [-0.1, -0.05) is 24.3 Å². The lowest BCUT2D eigenvalue weighted by Crippen LogP contribution is -2.31. The van der Waals surface area contributed by atoms with E-state index in [1.165, 1.54) is 0 Å². The number of aryl methyl sites for hydroxylation is 1. The average molecular weight is 336 g/mol. The van der Waals surface area contributed by atoms with Gasteiger partial charge in [-0.3, -0.25) is 9.69 Å². The van der Waals surface area contributed by atoms with Gasteiger partial charge in [0.2, 0.25) is 5.91 Å². The number of tetrazole rings is 1. The maximum absolute atomic E-state index is 12.5. The second-order valence-electron chi connectivity index (χ2n) is 5.52. The molecule has 1 aromatic carbocycles. The van der Waals surface area contributed by atoms with Gasteiger partial charge < -0.3 is 0 Å². The summed E-state index contributed by atoms with van der Waals surface area (Å²) in [4.78, 5) is 18.4. The van der Waals surface area contributed by atoms with Gasteiger partial charge in [0.1, 0.15) is 5.82 Å². The first-order valence-corrected chi connectivity index (χ1v) is 8.33. The first-order valence-electron chi connectivity index (χ1n) is 8.33. The zero-order valence-electron chi connectivity index (χ0n) is 14.1. The molecule has 3 rings (SSSR count). The third kappa shape index (κ3) is 4.06. The number of pyridine rings is 1. The maximum atomic E-state index is 12.5. The lowest BCUT2D eigenvalue weighted by molar-refractivity contribution is -0.118. The van der Waals surface area contributed by atoms with Crippen molar-refractivity contribution in [3.05, 3.63) is 60.6 Å². The van der Waals surface area contributed by atoms with Crippen LogP contribution in [0.15, 0.2) is 54.7 Å². The molecule has 0 bridgehead atoms. The topological polar surface area (TPSA) is 76.8 Å². The Hall–Kier alpha value is -3.09. The number of amides is 1. The molecule has 0 unspecified atom stereocenters. The third-order valence-corrected chi connectivity index (χ3v) is 3.87. The minimum Gasteiger partial charge on any atom is -0.297 e. The maximum Gasteiger partial charge on any atom is 0.228 e. The van der Waals surface area contributed by atoms with E-state index in [2.05, 4.69) is 20.5 Å². The molecule has 2 aromatic heterocycles. The van der Waals surface area contributed by atoms with Crippen LogP contribution in [0.4, 0.5) is 5.82 Å². The summed E-state index contributed by atoms with van der Waals surface area (Å²) < 4.78 is 1.71. The molecule has 0 saturated heterocycles. The second-order valence-corrected chi connectivity index (χ2v) is 5.52. The van der Waals surface area contributed by atoms with Crippen molar-refractivity contribution in [1.82, 2.24) is 25.2 Å². The largest absolute Gasteiger partial charge is 0.297 e. The SMILES string of the molecule is CCN(C(=O)CCCc1nnnn1-c1ccccc1)c1ccccn1. The second kappa shape index (κ2) is 8.14. The number of hydrogen-bond acceptors (Lipinski definition) is 5. The summed E-state index contributed by atoms with van der Waals surface area (Å²) >= 11 is 0. The monoisotopic (exact) mass is 336 g/mol. The number of nitrogens with zero attached hydrogens (tertiary/aromatic N) is 6. The van der Waals surface area contributed by atoms with Crippen LogP contribution in [0, 0.1) is 0 Å². The van der Waals surface area contributed by atoms with E-state index in [0.717, 1.165) is 11.5 Å². The number of hydrogen-bond donors (Lipinski definition) is 0. The van der Waals surface area contributed by atoms with Crippen LogP contribution >= 0.6 is 0 Å². The molecule has 0 radical (unpaired) electrons. The first kappa shape index (κ1) is 16.8. The highest BCUT2D eigenvalue weighted by Gasteiger charge is 2.15. The fraction of sp³-hybridized carbons (Fsp3) is 0.278. The molecular formula is C18H20N6O. The highest BCUT2D eigenvalue weighted by Crippen LogP contribution is 2.13. The number of anilines is 1. The number of carbonyl (C=O) groups is 1. The smallest absolute Gasteiger partial charge is 0.228 e. The van der Waals surface area contributed by atoms with Gasteiger partial charge >= 0.3 is 0 Å². The molecule has 7 heteroatoms. The summed E-state index contributed by atoms with van der Waals surface area (Å²) in [6, 6.07) is 15.3. The Labute approximate surface area is 146 Å². The molecule has 0 aliphatic rings. The van der Waals surface area contributed by atoms with Crippen molar-refractivity contribution in [1.29, 1.82) is 0 Å². The number of carbonyl (C=O) groups excluding carboxylic acids is 1. The average Bonchev–Trinajstić information content (AvgIpc) is 3.12. The molecule has 2 heterocycles. The van der Waals surface area contributed by atoms with Gasteiger partial charge in [-0.05, 0) is 48.0 Å². The van der Waals surface area contributed by atoms with Crippen molar-refractivity contribution in [2.75, 3.05) is 11.4 Å². The molecule has 0 fully saturated rings. The third-order valence-electron chi connectivity index (χ3n) is 3.87. The van der Waals surface area contributed by atoms with Gasteiger partial charge in [-0.15, -0.1) is 5.10 Å². The fourth-order valence-corrected chi connectivity index (χ4v) is 2.64. The molecule has 0 aliphatic carbocycles. The first-order chi connectivity index (χ1) is 12.3. The van der Waals surface area contributed by atoms with Crippen LogP contribution in [0.2, 0.25) is 0 Å². The Bertz CT molecular complexity index is 803. The predicted octanol–water partition coefficient (Wildman–Crippen LogP) is 2.43. The van der Waals surface area contributed by atoms with E-state index in [-0.39, 0.29) is 5.91 Å². The molecule has 0 atom stereocenters. The summed E-state index contributed by atoms with van der Waals surface area (Å²) in [5.41, 5.74) is 0.914. The molecule has 0 aliphatic heterocycles. The standard InChI is InChI=1S/C18H20N6O/c1-2-23(16-11-6-7-14-19-16)18(25)13-8-12-17-20-21-22-24(17)15-9-4-3-5-10-15/h3-7,9-11,14H,2,8,12-13H2,1H3. The minimum absolute atomic E-state index is 0.0555. The molecule has 1 amide bonds. The Kier molecular flexibility index (Phi) is 5.46. The fourth-order valence-electron chi connectivity index (χ4n) is 2.64. The van der Waals surface area contributed by atoms with E-state index in [0.29, 0.717) is 31.6 Å². The van der Waals surface area contributed by atoms with Gasteiger partial charge in [0.15, 0.2) is 5.82 Å². The Balaban J connectivity index is 1.60. The Morgan fingerprint density at radius 1 is 1.12 bits per heavy atom. The predicted molar refractivity (Wildman–Crippen MR) is 94.4 cm³/mol. The minimum atomic E-state index is 0.0555. The van der Waals surface area contributed by atoms with Crippen LogP contribution in [0.3, 0.4) is 0 Å². The van der Waals surface area contributed by atoms with Crippen molar-refractivity contribution >= 4 is 11.7 Å². The van der Waals surface area contributed by atoms with Crippen LogP contribution in [0.5, 0.6) is 0 Å². The zero-order valence-corrected chi connectivity index (χ0v) is 14.1. The molecule has 128 valence electrons. The summed E-state index contributed by atoms with van der Waals surface area (Å²) in [6.07, 6.45) is 3.42. The molecule has 0 spiro atoms. The Morgan fingerprint density at radius 2 is 1.92 bits per heavy atom.